The summed E-state index contributed by atoms with van der Waals surface area (Å²) in [5.74, 6) is 1.10. The van der Waals surface area contributed by atoms with E-state index < -0.39 is 12.1 Å². The number of carbonyl (C=O) groups is 1. The minimum absolute atomic E-state index is 0.387. The first-order chi connectivity index (χ1) is 15.5. The number of aromatic amines is 1. The number of anilines is 1. The van der Waals surface area contributed by atoms with Gasteiger partial charge in [0.05, 0.1) is 6.04 Å². The van der Waals surface area contributed by atoms with Crippen LogP contribution in [0, 0.1) is 6.92 Å². The van der Waals surface area contributed by atoms with E-state index in [1.165, 1.54) is 23.0 Å². The minimum Gasteiger partial charge on any atom is -0.465 e. The number of nitrogens with one attached hydrogen (secondary N) is 1. The monoisotopic (exact) mass is 469 g/mol. The standard InChI is InChI=1S/C22H20ClN5O3S/c1-13-19(28(22(29)30)14(2)17-5-3-4-6-18(17)23)20(31-27-13)16-9-7-15(8-10-16)11-32-21-24-12-25-26-21/h3-10,12,14H,11H2,1-2H3,(H,29,30)(H,24,25,26). The molecule has 1 unspecified atom stereocenters. The smallest absolute Gasteiger partial charge is 0.412 e. The second-order valence-electron chi connectivity index (χ2n) is 7.07. The third-order valence-corrected chi connectivity index (χ3v) is 6.30. The van der Waals surface area contributed by atoms with Crippen molar-refractivity contribution < 1.29 is 14.4 Å². The van der Waals surface area contributed by atoms with Crippen molar-refractivity contribution in [3.8, 4) is 11.3 Å². The minimum atomic E-state index is -1.12. The molecule has 0 aliphatic rings. The first-order valence-corrected chi connectivity index (χ1v) is 11.1. The lowest BCUT2D eigenvalue weighted by molar-refractivity contribution is 0.199. The molecule has 0 spiro atoms. The van der Waals surface area contributed by atoms with E-state index in [1.54, 1.807) is 19.9 Å². The molecule has 0 radical (unpaired) electrons. The lowest BCUT2D eigenvalue weighted by Gasteiger charge is -2.27. The molecule has 164 valence electrons. The zero-order valence-electron chi connectivity index (χ0n) is 17.3. The molecule has 10 heteroatoms. The Morgan fingerprint density at radius 1 is 1.25 bits per heavy atom. The molecule has 0 fully saturated rings. The molecule has 2 aromatic heterocycles. The van der Waals surface area contributed by atoms with Crippen LogP contribution < -0.4 is 4.90 Å². The number of aromatic nitrogens is 4. The first kappa shape index (κ1) is 21.9. The van der Waals surface area contributed by atoms with Crippen molar-refractivity contribution >= 4 is 35.1 Å². The summed E-state index contributed by atoms with van der Waals surface area (Å²) in [4.78, 5) is 17.7. The predicted molar refractivity (Wildman–Crippen MR) is 123 cm³/mol. The van der Waals surface area contributed by atoms with Gasteiger partial charge >= 0.3 is 6.09 Å². The molecule has 32 heavy (non-hydrogen) atoms. The highest BCUT2D eigenvalue weighted by Crippen LogP contribution is 2.39. The van der Waals surface area contributed by atoms with E-state index in [9.17, 15) is 9.90 Å². The summed E-state index contributed by atoms with van der Waals surface area (Å²) >= 11 is 7.88. The molecule has 0 saturated carbocycles. The number of benzene rings is 2. The number of amides is 1. The molecule has 0 aliphatic carbocycles. The van der Waals surface area contributed by atoms with E-state index in [-0.39, 0.29) is 0 Å². The Balaban J connectivity index is 1.64. The van der Waals surface area contributed by atoms with Crippen LogP contribution in [0.2, 0.25) is 5.02 Å². The molecule has 2 N–H and O–H groups in total. The Kier molecular flexibility index (Phi) is 6.48. The fourth-order valence-corrected chi connectivity index (χ4v) is 4.44. The highest BCUT2D eigenvalue weighted by Gasteiger charge is 2.31. The van der Waals surface area contributed by atoms with E-state index >= 15 is 0 Å². The van der Waals surface area contributed by atoms with Gasteiger partial charge in [-0.15, -0.1) is 0 Å². The number of H-pyrrole nitrogens is 1. The quantitative estimate of drug-likeness (QED) is 0.321. The summed E-state index contributed by atoms with van der Waals surface area (Å²) in [6.07, 6.45) is 0.349. The first-order valence-electron chi connectivity index (χ1n) is 9.76. The second kappa shape index (κ2) is 9.46. The molecule has 4 aromatic rings. The van der Waals surface area contributed by atoms with Crippen LogP contribution >= 0.6 is 23.4 Å². The van der Waals surface area contributed by atoms with E-state index in [2.05, 4.69) is 20.3 Å². The third kappa shape index (κ3) is 4.49. The Morgan fingerprint density at radius 3 is 2.66 bits per heavy atom. The molecule has 1 amide bonds. The Bertz CT molecular complexity index is 1210. The van der Waals surface area contributed by atoms with Crippen LogP contribution in [-0.2, 0) is 5.75 Å². The van der Waals surface area contributed by atoms with Gasteiger partial charge in [-0.05, 0) is 31.0 Å². The zero-order valence-corrected chi connectivity index (χ0v) is 18.9. The summed E-state index contributed by atoms with van der Waals surface area (Å²) < 4.78 is 5.57. The van der Waals surface area contributed by atoms with Gasteiger partial charge in [-0.3, -0.25) is 10.00 Å². The SMILES string of the molecule is Cc1noc(-c2ccc(CSc3ncn[nH]3)cc2)c1N(C(=O)O)C(C)c1ccccc1Cl. The summed E-state index contributed by atoms with van der Waals surface area (Å²) in [6, 6.07) is 14.3. The van der Waals surface area contributed by atoms with Crippen molar-refractivity contribution in [3.05, 3.63) is 76.7 Å². The maximum atomic E-state index is 12.3. The lowest BCUT2D eigenvalue weighted by atomic mass is 10.0. The van der Waals surface area contributed by atoms with E-state index in [0.717, 1.165) is 16.3 Å². The van der Waals surface area contributed by atoms with Gasteiger partial charge in [0.25, 0.3) is 0 Å². The van der Waals surface area contributed by atoms with Crippen LogP contribution in [0.1, 0.15) is 29.8 Å². The number of hydrogen-bond acceptors (Lipinski definition) is 6. The van der Waals surface area contributed by atoms with Crippen LogP contribution in [0.15, 0.2) is 64.5 Å². The van der Waals surface area contributed by atoms with Crippen molar-refractivity contribution in [2.75, 3.05) is 4.90 Å². The van der Waals surface area contributed by atoms with Gasteiger partial charge in [0.15, 0.2) is 10.9 Å². The second-order valence-corrected chi connectivity index (χ2v) is 8.44. The molecular weight excluding hydrogens is 450 g/mol. The molecular formula is C22H20ClN5O3S. The van der Waals surface area contributed by atoms with Gasteiger partial charge in [-0.25, -0.2) is 9.78 Å². The van der Waals surface area contributed by atoms with Crippen molar-refractivity contribution in [2.24, 2.45) is 0 Å². The summed E-state index contributed by atoms with van der Waals surface area (Å²) in [6.45, 7) is 3.51. The number of thioether (sulfide) groups is 1. The Morgan fingerprint density at radius 2 is 2.00 bits per heavy atom. The number of halogens is 1. The molecule has 1 atom stereocenters. The van der Waals surface area contributed by atoms with E-state index in [1.807, 2.05) is 42.5 Å². The number of nitrogens with zero attached hydrogens (tertiary/aromatic N) is 4. The van der Waals surface area contributed by atoms with Crippen molar-refractivity contribution in [3.63, 3.8) is 0 Å². The molecule has 0 aliphatic heterocycles. The van der Waals surface area contributed by atoms with Gasteiger partial charge in [0.1, 0.15) is 17.7 Å². The fraction of sp³-hybridized carbons (Fsp3) is 0.182. The molecule has 0 bridgehead atoms. The van der Waals surface area contributed by atoms with Gasteiger partial charge in [-0.2, -0.15) is 5.10 Å². The van der Waals surface area contributed by atoms with Crippen LogP contribution in [0.4, 0.5) is 10.5 Å². The Hall–Kier alpha value is -3.30. The predicted octanol–water partition coefficient (Wildman–Crippen LogP) is 5.96. The molecule has 4 rings (SSSR count). The van der Waals surface area contributed by atoms with Gasteiger partial charge < -0.3 is 9.63 Å². The van der Waals surface area contributed by atoms with Gasteiger partial charge in [0, 0.05) is 16.3 Å². The maximum absolute atomic E-state index is 12.3. The molecule has 2 heterocycles. The van der Waals surface area contributed by atoms with Gasteiger partial charge in [-0.1, -0.05) is 71.0 Å². The van der Waals surface area contributed by atoms with Crippen molar-refractivity contribution in [1.82, 2.24) is 20.3 Å². The van der Waals surface area contributed by atoms with Crippen LogP contribution in [0.3, 0.4) is 0 Å². The van der Waals surface area contributed by atoms with Crippen LogP contribution in [0.5, 0.6) is 0 Å². The van der Waals surface area contributed by atoms with Crippen molar-refractivity contribution in [2.45, 2.75) is 30.8 Å². The fourth-order valence-electron chi connectivity index (χ4n) is 3.41. The third-order valence-electron chi connectivity index (χ3n) is 5.01. The Labute approximate surface area is 193 Å². The average Bonchev–Trinajstić information content (AvgIpc) is 3.43. The van der Waals surface area contributed by atoms with Crippen LogP contribution in [0.25, 0.3) is 11.3 Å². The summed E-state index contributed by atoms with van der Waals surface area (Å²) in [7, 11) is 0. The van der Waals surface area contributed by atoms with Crippen LogP contribution in [-0.4, -0.2) is 31.5 Å². The molecule has 2 aromatic carbocycles. The summed E-state index contributed by atoms with van der Waals surface area (Å²) in [5, 5.41) is 22.0. The lowest BCUT2D eigenvalue weighted by Crippen LogP contribution is -2.33. The maximum Gasteiger partial charge on any atom is 0.412 e. The molecule has 8 nitrogen and oxygen atoms in total. The number of hydrogen-bond donors (Lipinski definition) is 2. The van der Waals surface area contributed by atoms with Gasteiger partial charge in [0.2, 0.25) is 0 Å². The number of aryl methyl sites for hydroxylation is 1. The highest BCUT2D eigenvalue weighted by atomic mass is 35.5. The zero-order chi connectivity index (χ0) is 22.7. The van der Waals surface area contributed by atoms with E-state index in [4.69, 9.17) is 16.1 Å². The largest absolute Gasteiger partial charge is 0.465 e. The van der Waals surface area contributed by atoms with Crippen molar-refractivity contribution in [1.29, 1.82) is 0 Å². The number of rotatable bonds is 7. The van der Waals surface area contributed by atoms with E-state index in [0.29, 0.717) is 33.5 Å². The molecule has 0 saturated heterocycles. The topological polar surface area (TPSA) is 108 Å². The summed E-state index contributed by atoms with van der Waals surface area (Å²) in [5.41, 5.74) is 3.38. The normalized spacial score (nSPS) is 12.0. The number of carboxylic acid groups (broad SMARTS) is 1. The highest BCUT2D eigenvalue weighted by molar-refractivity contribution is 7.98. The average molecular weight is 470 g/mol.